The fourth-order valence-corrected chi connectivity index (χ4v) is 2.77. The van der Waals surface area contributed by atoms with E-state index in [4.69, 9.17) is 9.47 Å². The molecule has 0 saturated heterocycles. The summed E-state index contributed by atoms with van der Waals surface area (Å²) in [6, 6.07) is 9.61. The van der Waals surface area contributed by atoms with Crippen LogP contribution in [0, 0.1) is 18.3 Å². The molecule has 6 heteroatoms. The van der Waals surface area contributed by atoms with Crippen LogP contribution >= 0.6 is 15.9 Å². The molecule has 0 aliphatic heterocycles. The molecule has 0 aliphatic carbocycles. The summed E-state index contributed by atoms with van der Waals surface area (Å²) in [6.45, 7) is 1.98. The van der Waals surface area contributed by atoms with Crippen LogP contribution in [0.25, 0.3) is 16.9 Å². The third-order valence-corrected chi connectivity index (χ3v) is 4.50. The number of imidazole rings is 1. The average molecular weight is 372 g/mol. The minimum absolute atomic E-state index is 0.451. The van der Waals surface area contributed by atoms with Crippen molar-refractivity contribution in [1.29, 1.82) is 5.26 Å². The van der Waals surface area contributed by atoms with E-state index in [0.717, 1.165) is 15.6 Å². The number of nitriles is 1. The topological polar surface area (TPSA) is 59.6 Å². The van der Waals surface area contributed by atoms with E-state index in [9.17, 15) is 5.26 Å². The Balaban J connectivity index is 2.34. The fraction of sp³-hybridized carbons (Fsp3) is 0.176. The van der Waals surface area contributed by atoms with Crippen LogP contribution < -0.4 is 9.47 Å². The molecule has 2 aromatic heterocycles. The van der Waals surface area contributed by atoms with Crippen molar-refractivity contribution >= 4 is 21.6 Å². The summed E-state index contributed by atoms with van der Waals surface area (Å²) in [5.41, 5.74) is 3.51. The van der Waals surface area contributed by atoms with Gasteiger partial charge in [-0.15, -0.1) is 0 Å². The molecule has 0 spiro atoms. The first kappa shape index (κ1) is 15.4. The van der Waals surface area contributed by atoms with Gasteiger partial charge in [-0.3, -0.25) is 4.40 Å². The predicted octanol–water partition coefficient (Wildman–Crippen LogP) is 3.96. The zero-order valence-corrected chi connectivity index (χ0v) is 14.5. The van der Waals surface area contributed by atoms with E-state index in [1.807, 2.05) is 31.3 Å². The molecule has 0 N–H and O–H groups in total. The van der Waals surface area contributed by atoms with Gasteiger partial charge in [-0.1, -0.05) is 0 Å². The zero-order valence-electron chi connectivity index (χ0n) is 12.9. The van der Waals surface area contributed by atoms with Gasteiger partial charge in [-0.05, 0) is 52.7 Å². The van der Waals surface area contributed by atoms with Crippen LogP contribution in [-0.4, -0.2) is 23.6 Å². The Labute approximate surface area is 142 Å². The van der Waals surface area contributed by atoms with Crippen molar-refractivity contribution < 1.29 is 9.47 Å². The second-order valence-electron chi connectivity index (χ2n) is 5.02. The van der Waals surface area contributed by atoms with Crippen molar-refractivity contribution in [2.45, 2.75) is 6.92 Å². The number of aromatic nitrogens is 2. The third-order valence-electron chi connectivity index (χ3n) is 3.67. The Morgan fingerprint density at radius 2 is 2.00 bits per heavy atom. The summed E-state index contributed by atoms with van der Waals surface area (Å²) in [7, 11) is 3.19. The fourth-order valence-electron chi connectivity index (χ4n) is 2.45. The first-order chi connectivity index (χ1) is 11.1. The average Bonchev–Trinajstić information content (AvgIpc) is 2.91. The number of fused-ring (bicyclic) bond motifs is 1. The van der Waals surface area contributed by atoms with Crippen LogP contribution in [0.3, 0.4) is 0 Å². The number of halogens is 1. The Bertz CT molecular complexity index is 941. The van der Waals surface area contributed by atoms with Gasteiger partial charge in [-0.2, -0.15) is 5.26 Å². The van der Waals surface area contributed by atoms with E-state index in [0.29, 0.717) is 28.5 Å². The van der Waals surface area contributed by atoms with E-state index in [1.165, 1.54) is 0 Å². The molecule has 0 amide bonds. The maximum atomic E-state index is 9.62. The van der Waals surface area contributed by atoms with Gasteiger partial charge in [0, 0.05) is 16.2 Å². The van der Waals surface area contributed by atoms with Crippen LogP contribution in [0.5, 0.6) is 11.5 Å². The van der Waals surface area contributed by atoms with Gasteiger partial charge in [0.2, 0.25) is 0 Å². The lowest BCUT2D eigenvalue weighted by atomic mass is 10.1. The second kappa shape index (κ2) is 5.94. The number of hydrogen-bond donors (Lipinski definition) is 0. The largest absolute Gasteiger partial charge is 0.497 e. The van der Waals surface area contributed by atoms with Crippen LogP contribution in [-0.2, 0) is 0 Å². The highest BCUT2D eigenvalue weighted by molar-refractivity contribution is 9.10. The molecule has 0 atom stereocenters. The molecule has 0 bridgehead atoms. The molecule has 0 radical (unpaired) electrons. The number of pyridine rings is 1. The molecule has 0 unspecified atom stereocenters. The van der Waals surface area contributed by atoms with E-state index in [1.54, 1.807) is 24.7 Å². The number of nitrogens with zero attached hydrogens (tertiary/aromatic N) is 3. The van der Waals surface area contributed by atoms with E-state index in [-0.39, 0.29) is 0 Å². The maximum Gasteiger partial charge on any atom is 0.152 e. The lowest BCUT2D eigenvalue weighted by molar-refractivity contribution is 0.404. The Morgan fingerprint density at radius 3 is 2.65 bits per heavy atom. The third kappa shape index (κ3) is 2.53. The van der Waals surface area contributed by atoms with Crippen molar-refractivity contribution in [3.05, 3.63) is 46.2 Å². The van der Waals surface area contributed by atoms with Crippen LogP contribution in [0.4, 0.5) is 0 Å². The highest BCUT2D eigenvalue weighted by atomic mass is 79.9. The highest BCUT2D eigenvalue weighted by Crippen LogP contribution is 2.35. The minimum atomic E-state index is 0.451. The minimum Gasteiger partial charge on any atom is -0.497 e. The Morgan fingerprint density at radius 1 is 1.22 bits per heavy atom. The van der Waals surface area contributed by atoms with E-state index in [2.05, 4.69) is 27.0 Å². The van der Waals surface area contributed by atoms with E-state index >= 15 is 0 Å². The van der Waals surface area contributed by atoms with Crippen molar-refractivity contribution in [2.75, 3.05) is 14.2 Å². The molecule has 0 aliphatic rings. The lowest BCUT2D eigenvalue weighted by Crippen LogP contribution is -1.93. The number of rotatable bonds is 3. The van der Waals surface area contributed by atoms with Gasteiger partial charge < -0.3 is 9.47 Å². The Hall–Kier alpha value is -2.52. The standard InChI is InChI=1S/C17H14BrN3O2/c1-10-6-16-20-17(14(8-19)21(16)9-13(10)18)12-7-11(22-2)4-5-15(12)23-3/h4-7,9H,1-3H3. The van der Waals surface area contributed by atoms with Gasteiger partial charge >= 0.3 is 0 Å². The van der Waals surface area contributed by atoms with Gasteiger partial charge in [0.1, 0.15) is 28.9 Å². The molecule has 23 heavy (non-hydrogen) atoms. The van der Waals surface area contributed by atoms with Crippen LogP contribution in [0.1, 0.15) is 11.3 Å². The monoisotopic (exact) mass is 371 g/mol. The molecule has 116 valence electrons. The molecule has 0 saturated carbocycles. The summed E-state index contributed by atoms with van der Waals surface area (Å²) in [4.78, 5) is 4.62. The van der Waals surface area contributed by atoms with Gasteiger partial charge in [0.15, 0.2) is 5.69 Å². The second-order valence-corrected chi connectivity index (χ2v) is 5.87. The smallest absolute Gasteiger partial charge is 0.152 e. The van der Waals surface area contributed by atoms with Gasteiger partial charge in [0.25, 0.3) is 0 Å². The number of benzene rings is 1. The van der Waals surface area contributed by atoms with Crippen molar-refractivity contribution in [1.82, 2.24) is 9.38 Å². The molecule has 5 nitrogen and oxygen atoms in total. The first-order valence-corrected chi connectivity index (χ1v) is 7.69. The maximum absolute atomic E-state index is 9.62. The number of methoxy groups -OCH3 is 2. The van der Waals surface area contributed by atoms with Crippen molar-refractivity contribution in [3.8, 4) is 28.8 Å². The highest BCUT2D eigenvalue weighted by Gasteiger charge is 2.19. The predicted molar refractivity (Wildman–Crippen MR) is 90.9 cm³/mol. The summed E-state index contributed by atoms with van der Waals surface area (Å²) in [5.74, 6) is 1.32. The van der Waals surface area contributed by atoms with Gasteiger partial charge in [0.05, 0.1) is 14.2 Å². The number of aryl methyl sites for hydroxylation is 1. The number of ether oxygens (including phenoxy) is 2. The Kier molecular flexibility index (Phi) is 3.97. The molecule has 0 fully saturated rings. The number of hydrogen-bond acceptors (Lipinski definition) is 4. The van der Waals surface area contributed by atoms with Crippen molar-refractivity contribution in [3.63, 3.8) is 0 Å². The first-order valence-electron chi connectivity index (χ1n) is 6.89. The van der Waals surface area contributed by atoms with Crippen LogP contribution in [0.2, 0.25) is 0 Å². The van der Waals surface area contributed by atoms with E-state index < -0.39 is 0 Å². The summed E-state index contributed by atoms with van der Waals surface area (Å²) < 4.78 is 13.4. The molecule has 1 aromatic carbocycles. The summed E-state index contributed by atoms with van der Waals surface area (Å²) in [6.07, 6.45) is 1.85. The quantitative estimate of drug-likeness (QED) is 0.698. The molecular weight excluding hydrogens is 358 g/mol. The lowest BCUT2D eigenvalue weighted by Gasteiger charge is -2.08. The summed E-state index contributed by atoms with van der Waals surface area (Å²) >= 11 is 3.49. The summed E-state index contributed by atoms with van der Waals surface area (Å²) in [5, 5.41) is 9.62. The molecule has 3 rings (SSSR count). The van der Waals surface area contributed by atoms with Crippen LogP contribution in [0.15, 0.2) is 34.9 Å². The van der Waals surface area contributed by atoms with Gasteiger partial charge in [-0.25, -0.2) is 4.98 Å². The zero-order chi connectivity index (χ0) is 16.6. The molecule has 2 heterocycles. The molecular formula is C17H14BrN3O2. The normalized spacial score (nSPS) is 10.6. The van der Waals surface area contributed by atoms with Crippen molar-refractivity contribution in [2.24, 2.45) is 0 Å². The molecule has 3 aromatic rings. The SMILES string of the molecule is COc1ccc(OC)c(-c2nc3cc(C)c(Br)cn3c2C#N)c1.